The molecule has 0 unspecified atom stereocenters. The van der Waals surface area contributed by atoms with Gasteiger partial charge in [-0.15, -0.1) is 0 Å². The number of aromatic amines is 2. The summed E-state index contributed by atoms with van der Waals surface area (Å²) in [6.07, 6.45) is -5.06. The molecule has 0 atom stereocenters. The number of aliphatic hydroxyl groups excluding tert-OH is 1. The second kappa shape index (κ2) is 4.59. The molecule has 0 saturated carbocycles. The molecule has 0 saturated heterocycles. The van der Waals surface area contributed by atoms with Gasteiger partial charge < -0.3 is 5.11 Å². The lowest BCUT2D eigenvalue weighted by molar-refractivity contribution is -0.142. The zero-order valence-corrected chi connectivity index (χ0v) is 9.61. The highest BCUT2D eigenvalue weighted by Crippen LogP contribution is 2.25. The molecule has 2 aromatic rings. The fraction of sp³-hybridized carbons (Fsp3) is 0.333. The van der Waals surface area contributed by atoms with E-state index >= 15 is 0 Å². The number of H-pyrrole nitrogens is 2. The highest BCUT2D eigenvalue weighted by atomic mass is 19.4. The van der Waals surface area contributed by atoms with Crippen molar-refractivity contribution in [3.05, 3.63) is 36.9 Å². The third kappa shape index (κ3) is 2.22. The summed E-state index contributed by atoms with van der Waals surface area (Å²) in [5, 5.41) is 8.80. The Kier molecular flexibility index (Phi) is 3.21. The summed E-state index contributed by atoms with van der Waals surface area (Å²) in [6.45, 7) is -1.19. The van der Waals surface area contributed by atoms with Crippen LogP contribution in [0.25, 0.3) is 11.2 Å². The Balaban J connectivity index is 3.03. The summed E-state index contributed by atoms with van der Waals surface area (Å²) >= 11 is 0. The molecule has 2 rings (SSSR count). The average Bonchev–Trinajstić information content (AvgIpc) is 2.31. The van der Waals surface area contributed by atoms with Crippen molar-refractivity contribution in [2.45, 2.75) is 12.7 Å². The Bertz CT molecular complexity index is 832. The van der Waals surface area contributed by atoms with Crippen LogP contribution in [0.5, 0.6) is 0 Å². The highest BCUT2D eigenvalue weighted by Gasteiger charge is 2.37. The summed E-state index contributed by atoms with van der Waals surface area (Å²) in [5.41, 5.74) is -6.75. The quantitative estimate of drug-likeness (QED) is 0.641. The fourth-order valence-electron chi connectivity index (χ4n) is 1.65. The van der Waals surface area contributed by atoms with Gasteiger partial charge in [-0.05, 0) is 0 Å². The van der Waals surface area contributed by atoms with Crippen molar-refractivity contribution >= 4 is 11.2 Å². The monoisotopic (exact) mass is 292 g/mol. The van der Waals surface area contributed by atoms with Gasteiger partial charge in [-0.1, -0.05) is 0 Å². The van der Waals surface area contributed by atoms with Gasteiger partial charge in [0.2, 0.25) is 5.69 Å². The summed E-state index contributed by atoms with van der Waals surface area (Å²) in [4.78, 5) is 41.0. The van der Waals surface area contributed by atoms with Crippen LogP contribution in [0.15, 0.2) is 14.4 Å². The fourth-order valence-corrected chi connectivity index (χ4v) is 1.65. The molecule has 2 heterocycles. The molecule has 0 aliphatic rings. The Labute approximate surface area is 106 Å². The normalized spacial score (nSPS) is 12.0. The third-order valence-corrected chi connectivity index (χ3v) is 2.43. The van der Waals surface area contributed by atoms with E-state index in [4.69, 9.17) is 5.11 Å². The molecule has 3 N–H and O–H groups in total. The van der Waals surface area contributed by atoms with E-state index in [1.54, 1.807) is 4.98 Å². The molecule has 8 nitrogen and oxygen atoms in total. The Morgan fingerprint density at radius 2 is 1.85 bits per heavy atom. The Morgan fingerprint density at radius 1 is 1.20 bits per heavy atom. The zero-order valence-electron chi connectivity index (χ0n) is 9.61. The summed E-state index contributed by atoms with van der Waals surface area (Å²) in [6, 6.07) is 0. The number of rotatable bonds is 2. The first-order valence-electron chi connectivity index (χ1n) is 5.21. The van der Waals surface area contributed by atoms with Crippen LogP contribution in [0.1, 0.15) is 5.69 Å². The van der Waals surface area contributed by atoms with Crippen molar-refractivity contribution < 1.29 is 18.3 Å². The molecule has 0 aromatic carbocycles. The zero-order chi connectivity index (χ0) is 15.1. The van der Waals surface area contributed by atoms with Crippen molar-refractivity contribution in [1.82, 2.24) is 19.5 Å². The molecule has 0 bridgehead atoms. The summed E-state index contributed by atoms with van der Waals surface area (Å²) < 4.78 is 38.5. The minimum Gasteiger partial charge on any atom is -0.395 e. The summed E-state index contributed by atoms with van der Waals surface area (Å²) in [7, 11) is 0. The highest BCUT2D eigenvalue weighted by molar-refractivity contribution is 5.68. The number of fused-ring (bicyclic) bond motifs is 1. The molecular weight excluding hydrogens is 285 g/mol. The number of aromatic nitrogens is 4. The molecule has 0 aliphatic carbocycles. The Morgan fingerprint density at radius 3 is 2.40 bits per heavy atom. The van der Waals surface area contributed by atoms with Crippen LogP contribution in [0.2, 0.25) is 0 Å². The molecule has 0 radical (unpaired) electrons. The molecule has 0 amide bonds. The maximum Gasteiger partial charge on any atom is 0.438 e. The predicted molar refractivity (Wildman–Crippen MR) is 59.3 cm³/mol. The van der Waals surface area contributed by atoms with E-state index in [2.05, 4.69) is 4.98 Å². The van der Waals surface area contributed by atoms with Gasteiger partial charge in [0.25, 0.3) is 11.1 Å². The van der Waals surface area contributed by atoms with E-state index < -0.39 is 53.0 Å². The summed E-state index contributed by atoms with van der Waals surface area (Å²) in [5.74, 6) is 0. The number of nitrogens with one attached hydrogen (secondary N) is 2. The van der Waals surface area contributed by atoms with Gasteiger partial charge in [0.1, 0.15) is 5.65 Å². The van der Waals surface area contributed by atoms with E-state index in [0.717, 1.165) is 0 Å². The largest absolute Gasteiger partial charge is 0.438 e. The van der Waals surface area contributed by atoms with Crippen LogP contribution < -0.4 is 16.8 Å². The van der Waals surface area contributed by atoms with Crippen molar-refractivity contribution in [1.29, 1.82) is 0 Å². The van der Waals surface area contributed by atoms with Gasteiger partial charge in [-0.25, -0.2) is 9.78 Å². The van der Waals surface area contributed by atoms with E-state index in [1.165, 1.54) is 0 Å². The van der Waals surface area contributed by atoms with E-state index in [1.807, 2.05) is 4.98 Å². The number of alkyl halides is 3. The molecule has 2 aromatic heterocycles. The number of hydrogen-bond donors (Lipinski definition) is 3. The maximum absolute atomic E-state index is 12.7. The number of hydrogen-bond acceptors (Lipinski definition) is 5. The Hall–Kier alpha value is -2.43. The van der Waals surface area contributed by atoms with Gasteiger partial charge in [0.05, 0.1) is 13.2 Å². The lowest BCUT2D eigenvalue weighted by atomic mass is 10.3. The second-order valence-electron chi connectivity index (χ2n) is 3.74. The van der Waals surface area contributed by atoms with E-state index in [0.29, 0.717) is 4.57 Å². The molecule has 0 fully saturated rings. The lowest BCUT2D eigenvalue weighted by Gasteiger charge is -2.11. The van der Waals surface area contributed by atoms with Crippen LogP contribution in [-0.4, -0.2) is 31.2 Å². The molecule has 11 heteroatoms. The SMILES string of the molecule is O=c1[nH]c(=O)c2nc(C(F)(F)F)c(=O)n(CCO)c2[nH]1. The van der Waals surface area contributed by atoms with Crippen LogP contribution >= 0.6 is 0 Å². The van der Waals surface area contributed by atoms with Gasteiger partial charge in [-0.3, -0.25) is 24.1 Å². The first-order chi connectivity index (χ1) is 9.25. The van der Waals surface area contributed by atoms with E-state index in [9.17, 15) is 27.6 Å². The number of halogens is 3. The molecule has 0 spiro atoms. The first kappa shape index (κ1) is 14.0. The predicted octanol–water partition coefficient (Wildman–Crippen LogP) is -1.22. The van der Waals surface area contributed by atoms with Gasteiger partial charge in [0, 0.05) is 0 Å². The third-order valence-electron chi connectivity index (χ3n) is 2.43. The average molecular weight is 292 g/mol. The first-order valence-corrected chi connectivity index (χ1v) is 5.21. The van der Waals surface area contributed by atoms with Crippen LogP contribution in [0, 0.1) is 0 Å². The van der Waals surface area contributed by atoms with Gasteiger partial charge in [0.15, 0.2) is 5.52 Å². The van der Waals surface area contributed by atoms with Crippen molar-refractivity contribution in [2.75, 3.05) is 6.61 Å². The van der Waals surface area contributed by atoms with Gasteiger partial charge >= 0.3 is 11.9 Å². The van der Waals surface area contributed by atoms with Crippen LogP contribution in [0.4, 0.5) is 13.2 Å². The molecular formula is C9H7F3N4O4. The number of aliphatic hydroxyl groups is 1. The minimum absolute atomic E-state index is 0.446. The van der Waals surface area contributed by atoms with Crippen molar-refractivity contribution in [3.8, 4) is 0 Å². The maximum atomic E-state index is 12.7. The number of nitrogens with zero attached hydrogens (tertiary/aromatic N) is 2. The van der Waals surface area contributed by atoms with Gasteiger partial charge in [-0.2, -0.15) is 13.2 Å². The van der Waals surface area contributed by atoms with E-state index in [-0.39, 0.29) is 0 Å². The topological polar surface area (TPSA) is 121 Å². The van der Waals surface area contributed by atoms with Crippen molar-refractivity contribution in [2.24, 2.45) is 0 Å². The molecule has 0 aliphatic heterocycles. The molecule has 20 heavy (non-hydrogen) atoms. The standard InChI is InChI=1S/C9H7F3N4O4/c10-9(11,12)4-7(19)16(1-2-17)5-3(13-4)6(18)15-8(20)14-5/h17H,1-2H2,(H2,14,15,18,20). The second-order valence-corrected chi connectivity index (χ2v) is 3.74. The molecule has 108 valence electrons. The minimum atomic E-state index is -5.06. The van der Waals surface area contributed by atoms with Crippen LogP contribution in [-0.2, 0) is 12.7 Å². The van der Waals surface area contributed by atoms with Crippen LogP contribution in [0.3, 0.4) is 0 Å². The van der Waals surface area contributed by atoms with Crippen molar-refractivity contribution in [3.63, 3.8) is 0 Å². The lowest BCUT2D eigenvalue weighted by Crippen LogP contribution is -2.35. The smallest absolute Gasteiger partial charge is 0.395 e.